The van der Waals surface area contributed by atoms with E-state index >= 15 is 0 Å². The van der Waals surface area contributed by atoms with Gasteiger partial charge in [-0.05, 0) is 31.2 Å². The van der Waals surface area contributed by atoms with E-state index in [0.29, 0.717) is 18.8 Å². The van der Waals surface area contributed by atoms with Crippen molar-refractivity contribution >= 4 is 32.7 Å². The molecule has 128 valence electrons. The van der Waals surface area contributed by atoms with Crippen molar-refractivity contribution in [3.8, 4) is 5.75 Å². The van der Waals surface area contributed by atoms with Gasteiger partial charge < -0.3 is 14.4 Å². The number of esters is 1. The van der Waals surface area contributed by atoms with E-state index in [1.807, 2.05) is 49.4 Å². The average Bonchev–Trinajstić information content (AvgIpc) is 3.00. The molecule has 6 heteroatoms. The summed E-state index contributed by atoms with van der Waals surface area (Å²) in [6.45, 7) is 3.29. The van der Waals surface area contributed by atoms with Crippen molar-refractivity contribution in [1.82, 2.24) is 4.98 Å². The Labute approximate surface area is 149 Å². The SMILES string of the molecule is Cc1ccc(OCC(=O)OC2CN(c3nc4ccccc4s3)C2)cc1. The first-order chi connectivity index (χ1) is 12.2. The third kappa shape index (κ3) is 3.58. The van der Waals surface area contributed by atoms with Crippen LogP contribution >= 0.6 is 11.3 Å². The fourth-order valence-electron chi connectivity index (χ4n) is 2.66. The first kappa shape index (κ1) is 15.9. The Hall–Kier alpha value is -2.60. The quantitative estimate of drug-likeness (QED) is 0.657. The van der Waals surface area contributed by atoms with Gasteiger partial charge in [0.05, 0.1) is 23.3 Å². The largest absolute Gasteiger partial charge is 0.482 e. The number of hydrogen-bond acceptors (Lipinski definition) is 6. The van der Waals surface area contributed by atoms with E-state index in [0.717, 1.165) is 16.2 Å². The molecule has 25 heavy (non-hydrogen) atoms. The highest BCUT2D eigenvalue weighted by Gasteiger charge is 2.32. The average molecular weight is 354 g/mol. The number of benzene rings is 2. The molecule has 0 bridgehead atoms. The van der Waals surface area contributed by atoms with Gasteiger partial charge in [0.1, 0.15) is 11.9 Å². The molecule has 0 aliphatic carbocycles. The summed E-state index contributed by atoms with van der Waals surface area (Å²) < 4.78 is 12.0. The minimum atomic E-state index is -0.338. The predicted molar refractivity (Wildman–Crippen MR) is 98.4 cm³/mol. The normalized spacial score (nSPS) is 14.4. The van der Waals surface area contributed by atoms with Crippen LogP contribution in [0.15, 0.2) is 48.5 Å². The highest BCUT2D eigenvalue weighted by Crippen LogP contribution is 2.31. The van der Waals surface area contributed by atoms with Crippen molar-refractivity contribution in [3.63, 3.8) is 0 Å². The number of ether oxygens (including phenoxy) is 2. The third-order valence-electron chi connectivity index (χ3n) is 4.08. The first-order valence-corrected chi connectivity index (χ1v) is 8.98. The molecule has 1 aliphatic heterocycles. The van der Waals surface area contributed by atoms with Crippen molar-refractivity contribution < 1.29 is 14.3 Å². The van der Waals surface area contributed by atoms with Crippen molar-refractivity contribution in [3.05, 3.63) is 54.1 Å². The third-order valence-corrected chi connectivity index (χ3v) is 5.17. The number of aromatic nitrogens is 1. The van der Waals surface area contributed by atoms with E-state index in [9.17, 15) is 4.79 Å². The van der Waals surface area contributed by atoms with Gasteiger partial charge in [0.2, 0.25) is 0 Å². The van der Waals surface area contributed by atoms with Gasteiger partial charge in [-0.3, -0.25) is 0 Å². The Morgan fingerprint density at radius 3 is 2.72 bits per heavy atom. The van der Waals surface area contributed by atoms with Gasteiger partial charge in [0.15, 0.2) is 11.7 Å². The maximum atomic E-state index is 11.9. The van der Waals surface area contributed by atoms with E-state index in [2.05, 4.69) is 16.0 Å². The topological polar surface area (TPSA) is 51.7 Å². The van der Waals surface area contributed by atoms with Crippen LogP contribution in [0.5, 0.6) is 5.75 Å². The molecular formula is C19H18N2O3S. The zero-order valence-corrected chi connectivity index (χ0v) is 14.7. The van der Waals surface area contributed by atoms with Gasteiger partial charge in [-0.15, -0.1) is 0 Å². The number of aryl methyl sites for hydroxylation is 1. The molecule has 0 N–H and O–H groups in total. The number of rotatable bonds is 5. The van der Waals surface area contributed by atoms with E-state index in [-0.39, 0.29) is 18.7 Å². The fraction of sp³-hybridized carbons (Fsp3) is 0.263. The lowest BCUT2D eigenvalue weighted by Crippen LogP contribution is -2.53. The monoisotopic (exact) mass is 354 g/mol. The van der Waals surface area contributed by atoms with E-state index < -0.39 is 0 Å². The Morgan fingerprint density at radius 2 is 1.96 bits per heavy atom. The fourth-order valence-corrected chi connectivity index (χ4v) is 3.64. The summed E-state index contributed by atoms with van der Waals surface area (Å²) in [5, 5.41) is 0.976. The molecule has 0 amide bonds. The Bertz CT molecular complexity index is 852. The van der Waals surface area contributed by atoms with Gasteiger partial charge >= 0.3 is 5.97 Å². The van der Waals surface area contributed by atoms with Gasteiger partial charge in [0, 0.05) is 0 Å². The molecule has 4 rings (SSSR count). The van der Waals surface area contributed by atoms with Gasteiger partial charge in [-0.1, -0.05) is 41.2 Å². The highest BCUT2D eigenvalue weighted by atomic mass is 32.1. The molecule has 1 aromatic heterocycles. The molecule has 0 spiro atoms. The van der Waals surface area contributed by atoms with Crippen molar-refractivity contribution in [1.29, 1.82) is 0 Å². The van der Waals surface area contributed by atoms with E-state index in [1.54, 1.807) is 11.3 Å². The second-order valence-electron chi connectivity index (χ2n) is 6.08. The maximum absolute atomic E-state index is 11.9. The number of thiazole rings is 1. The molecule has 1 fully saturated rings. The molecule has 0 atom stereocenters. The smallest absolute Gasteiger partial charge is 0.344 e. The number of nitrogens with zero attached hydrogens (tertiary/aromatic N) is 2. The number of para-hydroxylation sites is 1. The van der Waals surface area contributed by atoms with Crippen LogP contribution in [0.3, 0.4) is 0 Å². The maximum Gasteiger partial charge on any atom is 0.344 e. The Morgan fingerprint density at radius 1 is 1.20 bits per heavy atom. The zero-order valence-electron chi connectivity index (χ0n) is 13.8. The minimum absolute atomic E-state index is 0.0688. The zero-order chi connectivity index (χ0) is 17.2. The number of anilines is 1. The molecular weight excluding hydrogens is 336 g/mol. The Kier molecular flexibility index (Phi) is 4.28. The van der Waals surface area contributed by atoms with Crippen molar-refractivity contribution in [2.45, 2.75) is 13.0 Å². The predicted octanol–water partition coefficient (Wildman–Crippen LogP) is 3.42. The highest BCUT2D eigenvalue weighted by molar-refractivity contribution is 7.22. The summed E-state index contributed by atoms with van der Waals surface area (Å²) >= 11 is 1.66. The minimum Gasteiger partial charge on any atom is -0.482 e. The summed E-state index contributed by atoms with van der Waals surface area (Å²) in [4.78, 5) is 18.6. The van der Waals surface area contributed by atoms with Gasteiger partial charge in [-0.25, -0.2) is 9.78 Å². The summed E-state index contributed by atoms with van der Waals surface area (Å²) in [5.41, 5.74) is 2.16. The molecule has 0 unspecified atom stereocenters. The molecule has 0 radical (unpaired) electrons. The Balaban J connectivity index is 1.25. The van der Waals surface area contributed by atoms with E-state index in [4.69, 9.17) is 9.47 Å². The van der Waals surface area contributed by atoms with Gasteiger partial charge in [-0.2, -0.15) is 0 Å². The van der Waals surface area contributed by atoms with Crippen LogP contribution in [-0.2, 0) is 9.53 Å². The van der Waals surface area contributed by atoms with Crippen LogP contribution in [0.2, 0.25) is 0 Å². The summed E-state index contributed by atoms with van der Waals surface area (Å²) in [6, 6.07) is 15.7. The summed E-state index contributed by atoms with van der Waals surface area (Å²) in [6.07, 6.45) is -0.0962. The molecule has 1 aliphatic rings. The van der Waals surface area contributed by atoms with Crippen molar-refractivity contribution in [2.75, 3.05) is 24.6 Å². The molecule has 5 nitrogen and oxygen atoms in total. The lowest BCUT2D eigenvalue weighted by atomic mass is 10.2. The van der Waals surface area contributed by atoms with E-state index in [1.165, 1.54) is 4.70 Å². The summed E-state index contributed by atoms with van der Waals surface area (Å²) in [7, 11) is 0. The molecule has 1 saturated heterocycles. The second kappa shape index (κ2) is 6.72. The van der Waals surface area contributed by atoms with Crippen LogP contribution in [0.4, 0.5) is 5.13 Å². The van der Waals surface area contributed by atoms with Crippen LogP contribution in [-0.4, -0.2) is 36.8 Å². The molecule has 0 saturated carbocycles. The lowest BCUT2D eigenvalue weighted by Gasteiger charge is -2.38. The molecule has 3 aromatic rings. The lowest BCUT2D eigenvalue weighted by molar-refractivity contribution is -0.152. The van der Waals surface area contributed by atoms with Crippen LogP contribution in [0.25, 0.3) is 10.2 Å². The number of carbonyl (C=O) groups excluding carboxylic acids is 1. The number of carbonyl (C=O) groups is 1. The van der Waals surface area contributed by atoms with Crippen LogP contribution < -0.4 is 9.64 Å². The number of fused-ring (bicyclic) bond motifs is 1. The van der Waals surface area contributed by atoms with Crippen LogP contribution in [0, 0.1) is 6.92 Å². The number of hydrogen-bond donors (Lipinski definition) is 0. The van der Waals surface area contributed by atoms with Crippen LogP contribution in [0.1, 0.15) is 5.56 Å². The van der Waals surface area contributed by atoms with Crippen molar-refractivity contribution in [2.24, 2.45) is 0 Å². The standard InChI is InChI=1S/C19H18N2O3S/c1-13-6-8-14(9-7-13)23-12-18(22)24-15-10-21(11-15)19-20-16-4-2-3-5-17(16)25-19/h2-9,15H,10-12H2,1H3. The molecule has 2 heterocycles. The summed E-state index contributed by atoms with van der Waals surface area (Å²) in [5.74, 6) is 0.335. The second-order valence-corrected chi connectivity index (χ2v) is 7.09. The van der Waals surface area contributed by atoms with Gasteiger partial charge in [0.25, 0.3) is 0 Å². The first-order valence-electron chi connectivity index (χ1n) is 8.17. The molecule has 2 aromatic carbocycles.